The molecule has 0 atom stereocenters. The summed E-state index contributed by atoms with van der Waals surface area (Å²) in [7, 11) is 4.36. The van der Waals surface area contributed by atoms with Gasteiger partial charge in [-0.05, 0) is 41.5 Å². The van der Waals surface area contributed by atoms with E-state index >= 15 is 0 Å². The van der Waals surface area contributed by atoms with Crippen LogP contribution in [0.1, 0.15) is 5.56 Å². The molecule has 4 rings (SSSR count). The first-order valence-corrected chi connectivity index (χ1v) is 13.0. The maximum Gasteiger partial charge on any atom is 0.203 e. The topological polar surface area (TPSA) is 27.7 Å². The minimum absolute atomic E-state index is 0.446. The Bertz CT molecular complexity index is 987. The molecule has 4 aromatic carbocycles. The van der Waals surface area contributed by atoms with Crippen LogP contribution >= 0.6 is 23.9 Å². The van der Waals surface area contributed by atoms with Crippen LogP contribution in [-0.4, -0.2) is 21.3 Å². The second-order valence-electron chi connectivity index (χ2n) is 7.01. The van der Waals surface area contributed by atoms with Gasteiger partial charge in [0.15, 0.2) is 11.5 Å². The van der Waals surface area contributed by atoms with Gasteiger partial charge in [-0.25, -0.2) is 0 Å². The van der Waals surface area contributed by atoms with Gasteiger partial charge in [0.25, 0.3) is 0 Å². The van der Waals surface area contributed by atoms with Crippen molar-refractivity contribution in [3.05, 3.63) is 109 Å². The maximum absolute atomic E-state index is 5.20. The highest BCUT2D eigenvalue weighted by Gasteiger charge is 2.15. The molecule has 0 aromatic heterocycles. The Labute approximate surface area is 206 Å². The van der Waals surface area contributed by atoms with Gasteiger partial charge in [0.05, 0.1) is 21.3 Å². The predicted molar refractivity (Wildman–Crippen MR) is 144 cm³/mol. The molecule has 0 bridgehead atoms. The summed E-state index contributed by atoms with van der Waals surface area (Å²) in [6.07, 6.45) is 0. The molecular weight excluding hydrogens is 495 g/mol. The van der Waals surface area contributed by atoms with Crippen molar-refractivity contribution in [3.63, 3.8) is 0 Å². The molecule has 0 aliphatic carbocycles. The fourth-order valence-corrected chi connectivity index (χ4v) is 6.02. The van der Waals surface area contributed by atoms with Crippen molar-refractivity contribution < 1.29 is 14.2 Å². The molecule has 33 heavy (non-hydrogen) atoms. The summed E-state index contributed by atoms with van der Waals surface area (Å²) in [6, 6.07) is 36.2. The normalized spacial score (nSPS) is 10.2. The van der Waals surface area contributed by atoms with Crippen LogP contribution in [0.4, 0.5) is 0 Å². The van der Waals surface area contributed by atoms with E-state index in [1.54, 1.807) is 21.3 Å². The maximum atomic E-state index is 5.20. The van der Waals surface area contributed by atoms with Crippen molar-refractivity contribution in [2.24, 2.45) is 0 Å². The summed E-state index contributed by atoms with van der Waals surface area (Å²) >= 11 is 3.38. The first-order valence-electron chi connectivity index (χ1n) is 10.5. The number of hydrogen-bond donors (Lipinski definition) is 0. The standard InChI is InChI=1S/C18H15P.C10H13BrO3/c1-4-10-16(11-5-1)19(17-12-6-2-7-13-17)18-14-8-3-9-15-18;1-12-8-4-7(6-11)5-9(13-2)10(8)14-3/h1-15H;4-5H,6H2,1-3H3. The summed E-state index contributed by atoms with van der Waals surface area (Å²) in [6.45, 7) is 0. The minimum atomic E-state index is -0.446. The Morgan fingerprint density at radius 1 is 0.576 bits per heavy atom. The van der Waals surface area contributed by atoms with Crippen LogP contribution in [0.15, 0.2) is 103 Å². The summed E-state index contributed by atoms with van der Waals surface area (Å²) in [4.78, 5) is 0. The molecule has 0 fully saturated rings. The number of methoxy groups -OCH3 is 3. The Morgan fingerprint density at radius 3 is 1.21 bits per heavy atom. The minimum Gasteiger partial charge on any atom is -0.493 e. The van der Waals surface area contributed by atoms with Crippen molar-refractivity contribution in [2.75, 3.05) is 21.3 Å². The second kappa shape index (κ2) is 13.0. The van der Waals surface area contributed by atoms with E-state index in [0.717, 1.165) is 10.9 Å². The fraction of sp³-hybridized carbons (Fsp3) is 0.143. The zero-order valence-corrected chi connectivity index (χ0v) is 21.6. The monoisotopic (exact) mass is 522 g/mol. The first kappa shape index (κ1) is 24.8. The lowest BCUT2D eigenvalue weighted by molar-refractivity contribution is 0.324. The molecule has 0 radical (unpaired) electrons. The van der Waals surface area contributed by atoms with Gasteiger partial charge in [0, 0.05) is 5.33 Å². The van der Waals surface area contributed by atoms with Crippen molar-refractivity contribution in [1.29, 1.82) is 0 Å². The van der Waals surface area contributed by atoms with Crippen molar-refractivity contribution in [1.82, 2.24) is 0 Å². The summed E-state index contributed by atoms with van der Waals surface area (Å²) < 4.78 is 15.6. The van der Waals surface area contributed by atoms with E-state index in [4.69, 9.17) is 14.2 Å². The van der Waals surface area contributed by atoms with Crippen LogP contribution in [-0.2, 0) is 5.33 Å². The van der Waals surface area contributed by atoms with E-state index in [-0.39, 0.29) is 0 Å². The van der Waals surface area contributed by atoms with E-state index in [1.807, 2.05) is 12.1 Å². The van der Waals surface area contributed by atoms with Gasteiger partial charge in [0.1, 0.15) is 0 Å². The highest BCUT2D eigenvalue weighted by Crippen LogP contribution is 2.38. The van der Waals surface area contributed by atoms with Crippen LogP contribution in [0.5, 0.6) is 17.2 Å². The third kappa shape index (κ3) is 6.60. The average Bonchev–Trinajstić information content (AvgIpc) is 2.90. The summed E-state index contributed by atoms with van der Waals surface area (Å²) in [5.74, 6) is 1.99. The van der Waals surface area contributed by atoms with E-state index in [1.165, 1.54) is 15.9 Å². The molecule has 0 saturated heterocycles. The van der Waals surface area contributed by atoms with Gasteiger partial charge in [-0.1, -0.05) is 107 Å². The largest absolute Gasteiger partial charge is 0.493 e. The molecule has 4 aromatic rings. The van der Waals surface area contributed by atoms with Gasteiger partial charge in [-0.3, -0.25) is 0 Å². The molecule has 0 heterocycles. The number of halogens is 1. The van der Waals surface area contributed by atoms with Crippen molar-refractivity contribution >= 4 is 39.8 Å². The fourth-order valence-electron chi connectivity index (χ4n) is 3.39. The number of benzene rings is 4. The highest BCUT2D eigenvalue weighted by molar-refractivity contribution is 9.08. The number of rotatable bonds is 7. The third-order valence-electron chi connectivity index (χ3n) is 4.92. The molecule has 0 spiro atoms. The molecule has 0 amide bonds. The predicted octanol–water partition coefficient (Wildman–Crippen LogP) is 6.05. The van der Waals surface area contributed by atoms with Crippen molar-refractivity contribution in [3.8, 4) is 17.2 Å². The average molecular weight is 523 g/mol. The van der Waals surface area contributed by atoms with Crippen LogP contribution in [0.3, 0.4) is 0 Å². The van der Waals surface area contributed by atoms with Crippen LogP contribution in [0.2, 0.25) is 0 Å². The second-order valence-corrected chi connectivity index (χ2v) is 9.79. The van der Waals surface area contributed by atoms with Crippen LogP contribution in [0.25, 0.3) is 0 Å². The zero-order chi connectivity index (χ0) is 23.5. The molecular formula is C28H28BrO3P. The van der Waals surface area contributed by atoms with E-state index < -0.39 is 7.92 Å². The van der Waals surface area contributed by atoms with Crippen LogP contribution < -0.4 is 30.1 Å². The molecule has 0 aliphatic rings. The first-order chi connectivity index (χ1) is 16.2. The highest BCUT2D eigenvalue weighted by atomic mass is 79.9. The molecule has 0 unspecified atom stereocenters. The Balaban J connectivity index is 0.000000196. The van der Waals surface area contributed by atoms with Crippen molar-refractivity contribution in [2.45, 2.75) is 5.33 Å². The molecule has 5 heteroatoms. The summed E-state index contributed by atoms with van der Waals surface area (Å²) in [5.41, 5.74) is 1.08. The SMILES string of the molecule is COc1cc(CBr)cc(OC)c1OC.c1ccc(P(c2ccccc2)c2ccccc2)cc1. The van der Waals surface area contributed by atoms with E-state index in [9.17, 15) is 0 Å². The molecule has 0 N–H and O–H groups in total. The molecule has 3 nitrogen and oxygen atoms in total. The molecule has 0 saturated carbocycles. The lowest BCUT2D eigenvalue weighted by Crippen LogP contribution is -2.20. The summed E-state index contributed by atoms with van der Waals surface area (Å²) in [5, 5.41) is 4.95. The van der Waals surface area contributed by atoms with E-state index in [2.05, 4.69) is 107 Å². The van der Waals surface area contributed by atoms with Gasteiger partial charge >= 0.3 is 0 Å². The lowest BCUT2D eigenvalue weighted by atomic mass is 10.2. The third-order valence-corrected chi connectivity index (χ3v) is 8.01. The molecule has 0 aliphatic heterocycles. The van der Waals surface area contributed by atoms with Crippen LogP contribution in [0, 0.1) is 0 Å². The number of ether oxygens (including phenoxy) is 3. The quantitative estimate of drug-likeness (QED) is 0.218. The smallest absolute Gasteiger partial charge is 0.203 e. The Kier molecular flexibility index (Phi) is 9.80. The Hall–Kier alpha value is -2.81. The zero-order valence-electron chi connectivity index (χ0n) is 19.1. The number of hydrogen-bond acceptors (Lipinski definition) is 3. The number of alkyl halides is 1. The molecule has 170 valence electrons. The Morgan fingerprint density at radius 2 is 0.939 bits per heavy atom. The van der Waals surface area contributed by atoms with Gasteiger partial charge < -0.3 is 14.2 Å². The van der Waals surface area contributed by atoms with Gasteiger partial charge in [-0.2, -0.15) is 0 Å². The van der Waals surface area contributed by atoms with E-state index in [0.29, 0.717) is 17.2 Å². The van der Waals surface area contributed by atoms with Gasteiger partial charge in [0.2, 0.25) is 5.75 Å². The lowest BCUT2D eigenvalue weighted by Gasteiger charge is -2.18. The van der Waals surface area contributed by atoms with Gasteiger partial charge in [-0.15, -0.1) is 0 Å².